The van der Waals surface area contributed by atoms with Gasteiger partial charge in [0.15, 0.2) is 0 Å². The van der Waals surface area contributed by atoms with Crippen LogP contribution in [0, 0.1) is 0 Å². The van der Waals surface area contributed by atoms with Gasteiger partial charge >= 0.3 is 0 Å². The summed E-state index contributed by atoms with van der Waals surface area (Å²) in [5.41, 5.74) is 23.6. The van der Waals surface area contributed by atoms with Crippen molar-refractivity contribution in [2.75, 3.05) is 24.5 Å². The number of ether oxygens (including phenoxy) is 1. The van der Waals surface area contributed by atoms with Gasteiger partial charge in [0.2, 0.25) is 0 Å². The summed E-state index contributed by atoms with van der Waals surface area (Å²) < 4.78 is 17.6. The van der Waals surface area contributed by atoms with Gasteiger partial charge in [0, 0.05) is 138 Å². The summed E-state index contributed by atoms with van der Waals surface area (Å²) in [5.74, 6) is 1.69. The molecule has 4 aliphatic rings. The summed E-state index contributed by atoms with van der Waals surface area (Å²) in [4.78, 5) is 12.9. The zero-order valence-electron chi connectivity index (χ0n) is 57.8. The van der Waals surface area contributed by atoms with Gasteiger partial charge in [-0.15, -0.1) is 45.3 Å². The first-order valence-corrected chi connectivity index (χ1v) is 40.0. The Balaban J connectivity index is 0.850. The molecule has 0 unspecified atom stereocenters. The van der Waals surface area contributed by atoms with Crippen LogP contribution in [0.4, 0.5) is 85.3 Å². The van der Waals surface area contributed by atoms with Gasteiger partial charge in [-0.1, -0.05) is 194 Å². The van der Waals surface area contributed by atoms with Gasteiger partial charge in [-0.3, -0.25) is 0 Å². The maximum absolute atomic E-state index is 7.61. The van der Waals surface area contributed by atoms with E-state index in [4.69, 9.17) is 4.74 Å². The standard InChI is InChI=1S/C96H57B2N5OS4/c1-4-26-58(27-5-1)99(72-39-22-48-87-91(72)63-32-10-18-44-83(63)105-87)61-52-78-95-79(53-61)102(74-41-24-50-89-93(74)65-34-12-20-46-85(65)107-89)76-57-77-70(56-69(76)97(95)67-36-14-16-38-71(67)101(78)60-30-8-3-9-31-60)98-68-37-15-17-43-81(68)104-82-55-62(54-80(96(82)98)103(77)75-42-25-51-90-94(75)66-35-13-21-47-86(66)108-90)100(59-28-6-2-7-29-59)73-40-23-49-88-92(73)64-33-11-19-45-84(64)106-88/h1-57H. The minimum atomic E-state index is -0.255. The molecule has 0 amide bonds. The molecule has 6 nitrogen and oxygen atoms in total. The third-order valence-corrected chi connectivity index (χ3v) is 27.3. The van der Waals surface area contributed by atoms with Gasteiger partial charge in [-0.05, 0) is 178 Å². The number of nitrogens with zero attached hydrogens (tertiary/aromatic N) is 5. The van der Waals surface area contributed by atoms with Gasteiger partial charge in [0.1, 0.15) is 11.5 Å². The second-order valence-corrected chi connectivity index (χ2v) is 32.8. The summed E-state index contributed by atoms with van der Waals surface area (Å²) in [5, 5.41) is 9.84. The van der Waals surface area contributed by atoms with E-state index < -0.39 is 0 Å². The van der Waals surface area contributed by atoms with Crippen LogP contribution in [0.5, 0.6) is 11.5 Å². The topological polar surface area (TPSA) is 25.4 Å². The van der Waals surface area contributed by atoms with E-state index in [1.807, 2.05) is 45.3 Å². The predicted octanol–water partition coefficient (Wildman–Crippen LogP) is 24.6. The Hall–Kier alpha value is -12.7. The molecule has 12 heteroatoms. The first kappa shape index (κ1) is 60.6. The van der Waals surface area contributed by atoms with Crippen molar-refractivity contribution in [1.82, 2.24) is 0 Å². The summed E-state index contributed by atoms with van der Waals surface area (Å²) in [6.45, 7) is -0.495. The molecule has 0 fully saturated rings. The molecule has 8 heterocycles. The van der Waals surface area contributed by atoms with Crippen molar-refractivity contribution in [3.8, 4) is 11.5 Å². The summed E-state index contributed by atoms with van der Waals surface area (Å²) >= 11 is 7.45. The minimum Gasteiger partial charge on any atom is -0.458 e. The van der Waals surface area contributed by atoms with E-state index in [0.717, 1.165) is 108 Å². The molecule has 0 spiro atoms. The zero-order chi connectivity index (χ0) is 70.4. The number of hydrogen-bond acceptors (Lipinski definition) is 10. The lowest BCUT2D eigenvalue weighted by atomic mass is 9.30. The normalized spacial score (nSPS) is 13.2. The zero-order valence-corrected chi connectivity index (χ0v) is 61.1. The Morgan fingerprint density at radius 1 is 0.231 bits per heavy atom. The lowest BCUT2D eigenvalue weighted by Crippen LogP contribution is -2.64. The third kappa shape index (κ3) is 8.76. The highest BCUT2D eigenvalue weighted by molar-refractivity contribution is 7.27. The molecule has 0 radical (unpaired) electrons. The number of rotatable bonds is 9. The lowest BCUT2D eigenvalue weighted by molar-refractivity contribution is 0.487. The highest BCUT2D eigenvalue weighted by atomic mass is 32.1. The van der Waals surface area contributed by atoms with Crippen molar-refractivity contribution in [3.63, 3.8) is 0 Å². The van der Waals surface area contributed by atoms with Gasteiger partial charge < -0.3 is 29.2 Å². The maximum Gasteiger partial charge on any atom is 0.256 e. The van der Waals surface area contributed by atoms with Gasteiger partial charge in [0.25, 0.3) is 13.4 Å². The van der Waals surface area contributed by atoms with Crippen LogP contribution < -0.4 is 62.0 Å². The monoisotopic (exact) mass is 1450 g/mol. The van der Waals surface area contributed by atoms with Crippen molar-refractivity contribution in [2.45, 2.75) is 0 Å². The molecule has 0 saturated carbocycles. The molecule has 16 aromatic carbocycles. The van der Waals surface area contributed by atoms with Crippen LogP contribution in [-0.4, -0.2) is 13.4 Å². The van der Waals surface area contributed by atoms with E-state index in [9.17, 15) is 0 Å². The van der Waals surface area contributed by atoms with Crippen LogP contribution in [0.3, 0.4) is 0 Å². The first-order chi connectivity index (χ1) is 53.6. The van der Waals surface area contributed by atoms with E-state index in [1.165, 1.54) is 103 Å². The Bertz CT molecular complexity index is 7200. The van der Waals surface area contributed by atoms with Gasteiger partial charge in [-0.2, -0.15) is 0 Å². The molecule has 0 saturated heterocycles. The van der Waals surface area contributed by atoms with Crippen LogP contribution in [0.15, 0.2) is 346 Å². The Morgan fingerprint density at radius 3 is 1.14 bits per heavy atom. The fourth-order valence-corrected chi connectivity index (χ4v) is 23.0. The Labute approximate surface area is 639 Å². The molecule has 0 atom stereocenters. The third-order valence-electron chi connectivity index (χ3n) is 22.8. The molecule has 4 aromatic heterocycles. The fraction of sp³-hybridized carbons (Fsp3) is 0. The maximum atomic E-state index is 7.61. The van der Waals surface area contributed by atoms with Gasteiger partial charge in [-0.25, -0.2) is 0 Å². The predicted molar refractivity (Wildman–Crippen MR) is 467 cm³/mol. The SMILES string of the molecule is c1ccc(N2c3ccccc3B3c4cc5c(cc4N(c4cccc6sc7ccccc7c46)c4cc(N(c6ccccc6)c6cccc7sc8ccccc8c67)cc2c43)N(c2cccc3sc4ccccc4c23)c2cc(N(c3ccccc3)c3cccc4sc6ccccc6c34)cc3c2B5c2ccccc2O3)cc1. The van der Waals surface area contributed by atoms with Crippen molar-refractivity contribution in [3.05, 3.63) is 346 Å². The van der Waals surface area contributed by atoms with E-state index in [-0.39, 0.29) is 13.4 Å². The fourth-order valence-electron chi connectivity index (χ4n) is 18.5. The highest BCUT2D eigenvalue weighted by Crippen LogP contribution is 2.56. The van der Waals surface area contributed by atoms with Crippen molar-refractivity contribution in [2.24, 2.45) is 0 Å². The highest BCUT2D eigenvalue weighted by Gasteiger charge is 2.49. The molecule has 0 bridgehead atoms. The average molecular weight is 1450 g/mol. The van der Waals surface area contributed by atoms with Crippen LogP contribution in [0.2, 0.25) is 0 Å². The number of thiophene rings is 4. The first-order valence-electron chi connectivity index (χ1n) is 36.8. The number of para-hydroxylation sites is 5. The van der Waals surface area contributed by atoms with Crippen molar-refractivity contribution < 1.29 is 4.74 Å². The second-order valence-electron chi connectivity index (χ2n) is 28.5. The van der Waals surface area contributed by atoms with Crippen molar-refractivity contribution in [1.29, 1.82) is 0 Å². The molecular weight excluding hydrogens is 1390 g/mol. The number of hydrogen-bond donors (Lipinski definition) is 0. The summed E-state index contributed by atoms with van der Waals surface area (Å²) in [6, 6.07) is 130. The largest absolute Gasteiger partial charge is 0.458 e. The summed E-state index contributed by atoms with van der Waals surface area (Å²) in [6.07, 6.45) is 0. The molecular formula is C96H57B2N5OS4. The van der Waals surface area contributed by atoms with Gasteiger partial charge in [0.05, 0.1) is 34.1 Å². The minimum absolute atomic E-state index is 0.240. The molecule has 4 aliphatic heterocycles. The Morgan fingerprint density at radius 2 is 0.611 bits per heavy atom. The molecule has 0 aliphatic carbocycles. The lowest BCUT2D eigenvalue weighted by Gasteiger charge is -2.47. The molecule has 0 N–H and O–H groups in total. The van der Waals surface area contributed by atoms with Crippen LogP contribution in [-0.2, 0) is 0 Å². The number of fused-ring (bicyclic) bond motifs is 20. The number of benzene rings is 16. The van der Waals surface area contributed by atoms with Crippen LogP contribution in [0.1, 0.15) is 0 Å². The number of anilines is 15. The van der Waals surface area contributed by atoms with E-state index in [1.54, 1.807) is 0 Å². The smallest absolute Gasteiger partial charge is 0.256 e. The molecule has 20 aromatic rings. The van der Waals surface area contributed by atoms with E-state index in [2.05, 4.69) is 370 Å². The molecule has 502 valence electrons. The molecule has 24 rings (SSSR count). The van der Waals surface area contributed by atoms with Crippen LogP contribution in [0.25, 0.3) is 80.7 Å². The average Bonchev–Trinajstić information content (AvgIpc) is 0.828. The van der Waals surface area contributed by atoms with E-state index in [0.29, 0.717) is 0 Å². The molecule has 108 heavy (non-hydrogen) atoms. The van der Waals surface area contributed by atoms with E-state index >= 15 is 0 Å². The summed E-state index contributed by atoms with van der Waals surface area (Å²) in [7, 11) is 0. The quantitative estimate of drug-likeness (QED) is 0.134. The van der Waals surface area contributed by atoms with Crippen molar-refractivity contribution >= 4 is 258 Å². The van der Waals surface area contributed by atoms with Crippen LogP contribution >= 0.6 is 45.3 Å². The second kappa shape index (κ2) is 23.4. The Kier molecular flexibility index (Phi) is 13.1.